The molecule has 12 heteroatoms. The van der Waals surface area contributed by atoms with E-state index in [9.17, 15) is 14.4 Å². The zero-order chi connectivity index (χ0) is 32.9. The molecule has 6 rings (SSSR count). The fraction of sp³-hybridized carbons (Fsp3) is 0.265. The number of nitrogens with zero attached hydrogens (tertiary/aromatic N) is 1. The van der Waals surface area contributed by atoms with E-state index in [1.807, 2.05) is 16.7 Å². The summed E-state index contributed by atoms with van der Waals surface area (Å²) in [5, 5.41) is 1.08. The zero-order valence-corrected chi connectivity index (χ0v) is 26.3. The Labute approximate surface area is 262 Å². The number of esters is 2. The molecule has 46 heavy (non-hydrogen) atoms. The SMILES string of the molecule is COc1ccc(-c2c3n(c4c(=O)oc5cc(OC(C)=O)c(OC)cc5c24)CCc2c-3cc(OC)c(OC)c2OC)cc1OC(C)=O. The Bertz CT molecular complexity index is 2120. The van der Waals surface area contributed by atoms with Crippen LogP contribution in [0.2, 0.25) is 0 Å². The molecule has 0 aliphatic carbocycles. The average Bonchev–Trinajstić information content (AvgIpc) is 3.39. The van der Waals surface area contributed by atoms with Gasteiger partial charge in [0.05, 0.1) is 41.2 Å². The van der Waals surface area contributed by atoms with Crippen molar-refractivity contribution in [1.82, 2.24) is 4.57 Å². The molecule has 0 saturated heterocycles. The Morgan fingerprint density at radius 2 is 1.39 bits per heavy atom. The minimum absolute atomic E-state index is 0.101. The van der Waals surface area contributed by atoms with E-state index in [4.69, 9.17) is 37.6 Å². The Balaban J connectivity index is 1.82. The van der Waals surface area contributed by atoms with Crippen molar-refractivity contribution in [3.05, 3.63) is 52.4 Å². The van der Waals surface area contributed by atoms with Gasteiger partial charge >= 0.3 is 17.6 Å². The second-order valence-electron chi connectivity index (χ2n) is 10.5. The molecular weight excluding hydrogens is 598 g/mol. The molecule has 0 N–H and O–H groups in total. The van der Waals surface area contributed by atoms with Crippen LogP contribution in [0.25, 0.3) is 44.3 Å². The van der Waals surface area contributed by atoms with E-state index < -0.39 is 17.6 Å². The van der Waals surface area contributed by atoms with Crippen LogP contribution < -0.4 is 38.8 Å². The van der Waals surface area contributed by atoms with Crippen LogP contribution in [-0.4, -0.2) is 52.1 Å². The van der Waals surface area contributed by atoms with Crippen molar-refractivity contribution in [1.29, 1.82) is 0 Å². The van der Waals surface area contributed by atoms with Crippen molar-refractivity contribution in [2.75, 3.05) is 35.5 Å². The quantitative estimate of drug-likeness (QED) is 0.122. The lowest BCUT2D eigenvalue weighted by Crippen LogP contribution is -2.16. The van der Waals surface area contributed by atoms with Crippen LogP contribution in [0, 0.1) is 0 Å². The maximum Gasteiger partial charge on any atom is 0.361 e. The van der Waals surface area contributed by atoms with Gasteiger partial charge in [-0.2, -0.15) is 0 Å². The van der Waals surface area contributed by atoms with Crippen molar-refractivity contribution in [2.45, 2.75) is 26.8 Å². The highest BCUT2D eigenvalue weighted by molar-refractivity contribution is 6.17. The van der Waals surface area contributed by atoms with Gasteiger partial charge in [-0.3, -0.25) is 9.59 Å². The number of rotatable bonds is 8. The maximum atomic E-state index is 13.9. The second kappa shape index (κ2) is 11.7. The van der Waals surface area contributed by atoms with Gasteiger partial charge in [-0.25, -0.2) is 4.79 Å². The number of hydrogen-bond donors (Lipinski definition) is 0. The first kappa shape index (κ1) is 30.4. The number of hydrogen-bond acceptors (Lipinski definition) is 11. The largest absolute Gasteiger partial charge is 0.493 e. The summed E-state index contributed by atoms with van der Waals surface area (Å²) in [6, 6.07) is 10.2. The molecule has 3 heterocycles. The van der Waals surface area contributed by atoms with Crippen LogP contribution in [0.1, 0.15) is 19.4 Å². The number of aryl methyl sites for hydroxylation is 1. The molecule has 3 aromatic carbocycles. The van der Waals surface area contributed by atoms with E-state index in [2.05, 4.69) is 0 Å². The van der Waals surface area contributed by atoms with Crippen LogP contribution in [0.15, 0.2) is 45.6 Å². The fourth-order valence-electron chi connectivity index (χ4n) is 6.21. The van der Waals surface area contributed by atoms with E-state index in [-0.39, 0.29) is 22.8 Å². The fourth-order valence-corrected chi connectivity index (χ4v) is 6.21. The standard InChI is InChI=1S/C34H31NO11/c1-16(36)44-25-12-18(8-9-22(25)39-3)28-29-21-14-24(40-4)26(45-17(2)37)15-23(21)46-34(38)31(29)35-11-10-19-20(30(28)35)13-27(41-5)33(43-7)32(19)42-6/h8-9,12-15H,10-11H2,1-7H3. The molecule has 0 unspecified atom stereocenters. The Hall–Kier alpha value is -5.65. The lowest BCUT2D eigenvalue weighted by atomic mass is 9.91. The van der Waals surface area contributed by atoms with Crippen LogP contribution >= 0.6 is 0 Å². The third kappa shape index (κ3) is 4.73. The van der Waals surface area contributed by atoms with Crippen molar-refractivity contribution in [3.63, 3.8) is 0 Å². The molecule has 1 aliphatic heterocycles. The molecule has 238 valence electrons. The monoisotopic (exact) mass is 629 g/mol. The van der Waals surface area contributed by atoms with Gasteiger partial charge in [-0.1, -0.05) is 6.07 Å². The van der Waals surface area contributed by atoms with Gasteiger partial charge in [0.15, 0.2) is 34.5 Å². The van der Waals surface area contributed by atoms with E-state index in [0.717, 1.165) is 11.1 Å². The van der Waals surface area contributed by atoms with Crippen LogP contribution in [0.4, 0.5) is 0 Å². The van der Waals surface area contributed by atoms with Gasteiger partial charge in [0.25, 0.3) is 0 Å². The van der Waals surface area contributed by atoms with Gasteiger partial charge in [-0.15, -0.1) is 0 Å². The lowest BCUT2D eigenvalue weighted by Gasteiger charge is -2.25. The summed E-state index contributed by atoms with van der Waals surface area (Å²) in [4.78, 5) is 37.8. The first-order valence-electron chi connectivity index (χ1n) is 14.2. The van der Waals surface area contributed by atoms with Crippen molar-refractivity contribution >= 4 is 33.8 Å². The summed E-state index contributed by atoms with van der Waals surface area (Å²) in [5.74, 6) is 1.21. The normalized spacial score (nSPS) is 11.9. The molecule has 0 spiro atoms. The van der Waals surface area contributed by atoms with E-state index in [1.165, 1.54) is 41.2 Å². The van der Waals surface area contributed by atoms with Crippen molar-refractivity contribution in [3.8, 4) is 62.6 Å². The maximum absolute atomic E-state index is 13.9. The summed E-state index contributed by atoms with van der Waals surface area (Å²) in [6.45, 7) is 2.97. The second-order valence-corrected chi connectivity index (χ2v) is 10.5. The third-order valence-electron chi connectivity index (χ3n) is 7.93. The van der Waals surface area contributed by atoms with E-state index in [0.29, 0.717) is 69.1 Å². The number of methoxy groups -OCH3 is 5. The van der Waals surface area contributed by atoms with E-state index in [1.54, 1.807) is 32.4 Å². The first-order chi connectivity index (χ1) is 22.1. The van der Waals surface area contributed by atoms with Gasteiger partial charge in [0.2, 0.25) is 5.75 Å². The highest BCUT2D eigenvalue weighted by Crippen LogP contribution is 2.53. The molecule has 12 nitrogen and oxygen atoms in total. The average molecular weight is 630 g/mol. The highest BCUT2D eigenvalue weighted by atomic mass is 16.6. The molecule has 0 atom stereocenters. The van der Waals surface area contributed by atoms with E-state index >= 15 is 0 Å². The Morgan fingerprint density at radius 1 is 0.739 bits per heavy atom. The van der Waals surface area contributed by atoms with Gasteiger partial charge in [-0.05, 0) is 36.2 Å². The number of carbonyl (C=O) groups excluding carboxylic acids is 2. The number of fused-ring (bicyclic) bond motifs is 7. The first-order valence-corrected chi connectivity index (χ1v) is 14.2. The summed E-state index contributed by atoms with van der Waals surface area (Å²) >= 11 is 0. The van der Waals surface area contributed by atoms with Gasteiger partial charge in [0, 0.05) is 53.9 Å². The Morgan fingerprint density at radius 3 is 2.00 bits per heavy atom. The molecule has 0 amide bonds. The number of benzene rings is 3. The summed E-state index contributed by atoms with van der Waals surface area (Å²) in [7, 11) is 7.57. The third-order valence-corrected chi connectivity index (χ3v) is 7.93. The summed E-state index contributed by atoms with van der Waals surface area (Å²) in [5.41, 5.74) is 3.42. The van der Waals surface area contributed by atoms with Crippen LogP contribution in [-0.2, 0) is 22.6 Å². The number of aromatic nitrogens is 1. The molecule has 0 fully saturated rings. The van der Waals surface area contributed by atoms with Gasteiger partial charge < -0.3 is 42.1 Å². The van der Waals surface area contributed by atoms with Crippen LogP contribution in [0.3, 0.4) is 0 Å². The summed E-state index contributed by atoms with van der Waals surface area (Å²) < 4.78 is 46.9. The van der Waals surface area contributed by atoms with Crippen LogP contribution in [0.5, 0.6) is 40.2 Å². The predicted molar refractivity (Wildman–Crippen MR) is 168 cm³/mol. The van der Waals surface area contributed by atoms with Crippen molar-refractivity contribution in [2.24, 2.45) is 0 Å². The number of carbonyl (C=O) groups is 2. The highest BCUT2D eigenvalue weighted by Gasteiger charge is 2.33. The molecule has 0 radical (unpaired) electrons. The van der Waals surface area contributed by atoms with Crippen molar-refractivity contribution < 1.29 is 47.2 Å². The van der Waals surface area contributed by atoms with Gasteiger partial charge in [0.1, 0.15) is 11.1 Å². The molecule has 0 bridgehead atoms. The predicted octanol–water partition coefficient (Wildman–Crippen LogP) is 5.53. The minimum atomic E-state index is -0.599. The molecule has 1 aliphatic rings. The zero-order valence-electron chi connectivity index (χ0n) is 26.3. The topological polar surface area (TPSA) is 134 Å². The minimum Gasteiger partial charge on any atom is -0.493 e. The Kier molecular flexibility index (Phi) is 7.72. The summed E-state index contributed by atoms with van der Waals surface area (Å²) in [6.07, 6.45) is 0.503. The lowest BCUT2D eigenvalue weighted by molar-refractivity contribution is -0.132. The number of ether oxygens (including phenoxy) is 7. The molecule has 2 aromatic heterocycles. The smallest absolute Gasteiger partial charge is 0.361 e. The molecule has 5 aromatic rings. The molecule has 0 saturated carbocycles. The molecular formula is C34H31NO11.